The number of piperazine rings is 1. The number of alkyl halides is 3. The van der Waals surface area contributed by atoms with Crippen molar-refractivity contribution in [2.24, 2.45) is 0 Å². The molecule has 0 radical (unpaired) electrons. The Labute approximate surface area is 193 Å². The molecule has 8 nitrogen and oxygen atoms in total. The van der Waals surface area contributed by atoms with Gasteiger partial charge in [0.05, 0.1) is 17.7 Å². The van der Waals surface area contributed by atoms with Crippen LogP contribution in [0.25, 0.3) is 0 Å². The predicted molar refractivity (Wildman–Crippen MR) is 116 cm³/mol. The minimum atomic E-state index is -4.65. The van der Waals surface area contributed by atoms with Crippen LogP contribution in [0.2, 0.25) is 0 Å². The minimum absolute atomic E-state index is 0.0751. The van der Waals surface area contributed by atoms with Gasteiger partial charge in [0.1, 0.15) is 0 Å². The summed E-state index contributed by atoms with van der Waals surface area (Å²) in [4.78, 5) is 51.6. The summed E-state index contributed by atoms with van der Waals surface area (Å²) in [7, 11) is 1.49. The molecule has 180 valence electrons. The van der Waals surface area contributed by atoms with Crippen molar-refractivity contribution in [2.75, 3.05) is 39.8 Å². The van der Waals surface area contributed by atoms with Crippen molar-refractivity contribution < 1.29 is 32.3 Å². The highest BCUT2D eigenvalue weighted by Gasteiger charge is 2.36. The molecular formula is C23H23F3N4O4. The Morgan fingerprint density at radius 2 is 1.35 bits per heavy atom. The maximum atomic E-state index is 13.2. The second-order valence-corrected chi connectivity index (χ2v) is 7.56. The van der Waals surface area contributed by atoms with Gasteiger partial charge in [-0.2, -0.15) is 13.2 Å². The van der Waals surface area contributed by atoms with Gasteiger partial charge in [0, 0.05) is 44.4 Å². The van der Waals surface area contributed by atoms with Gasteiger partial charge in [-0.15, -0.1) is 0 Å². The van der Waals surface area contributed by atoms with Gasteiger partial charge < -0.3 is 20.4 Å². The van der Waals surface area contributed by atoms with Crippen LogP contribution in [0, 0.1) is 0 Å². The van der Waals surface area contributed by atoms with E-state index in [1.807, 2.05) is 0 Å². The van der Waals surface area contributed by atoms with Gasteiger partial charge in [0.15, 0.2) is 0 Å². The van der Waals surface area contributed by atoms with Crippen LogP contribution in [0.5, 0.6) is 0 Å². The van der Waals surface area contributed by atoms with Crippen LogP contribution in [0.4, 0.5) is 13.2 Å². The highest BCUT2D eigenvalue weighted by molar-refractivity contribution is 5.99. The molecule has 1 saturated heterocycles. The average Bonchev–Trinajstić information content (AvgIpc) is 2.85. The second-order valence-electron chi connectivity index (χ2n) is 7.56. The van der Waals surface area contributed by atoms with E-state index in [-0.39, 0.29) is 50.1 Å². The Morgan fingerprint density at radius 3 is 1.91 bits per heavy atom. The van der Waals surface area contributed by atoms with Crippen molar-refractivity contribution in [1.82, 2.24) is 20.4 Å². The number of hydrogen-bond donors (Lipinski definition) is 2. The van der Waals surface area contributed by atoms with E-state index in [4.69, 9.17) is 0 Å². The zero-order valence-corrected chi connectivity index (χ0v) is 18.3. The number of amides is 4. The number of benzene rings is 2. The number of carbonyl (C=O) groups excluding carboxylic acids is 4. The van der Waals surface area contributed by atoms with Crippen LogP contribution in [-0.4, -0.2) is 73.2 Å². The largest absolute Gasteiger partial charge is 0.417 e. The fraction of sp³-hybridized carbons (Fsp3) is 0.304. The first-order valence-corrected chi connectivity index (χ1v) is 10.5. The van der Waals surface area contributed by atoms with E-state index in [1.165, 1.54) is 53.2 Å². The van der Waals surface area contributed by atoms with Crippen LogP contribution in [0.3, 0.4) is 0 Å². The van der Waals surface area contributed by atoms with Crippen molar-refractivity contribution in [1.29, 1.82) is 0 Å². The zero-order chi connectivity index (χ0) is 24.9. The molecule has 1 aliphatic rings. The molecule has 2 N–H and O–H groups in total. The van der Waals surface area contributed by atoms with E-state index in [0.717, 1.165) is 12.1 Å². The van der Waals surface area contributed by atoms with Gasteiger partial charge in [0.2, 0.25) is 5.91 Å². The fourth-order valence-corrected chi connectivity index (χ4v) is 3.53. The van der Waals surface area contributed by atoms with Crippen LogP contribution in [-0.2, 0) is 11.0 Å². The molecule has 1 aliphatic heterocycles. The Hall–Kier alpha value is -3.89. The van der Waals surface area contributed by atoms with Crippen molar-refractivity contribution in [2.45, 2.75) is 6.18 Å². The summed E-state index contributed by atoms with van der Waals surface area (Å²) in [6.45, 7) is 0.142. The van der Waals surface area contributed by atoms with E-state index >= 15 is 0 Å². The molecule has 0 aliphatic carbocycles. The van der Waals surface area contributed by atoms with Crippen LogP contribution >= 0.6 is 0 Å². The van der Waals surface area contributed by atoms with Gasteiger partial charge in [-0.05, 0) is 36.4 Å². The van der Waals surface area contributed by atoms with Crippen molar-refractivity contribution >= 4 is 23.6 Å². The first kappa shape index (κ1) is 24.7. The average molecular weight is 476 g/mol. The summed E-state index contributed by atoms with van der Waals surface area (Å²) < 4.78 is 39.6. The zero-order valence-electron chi connectivity index (χ0n) is 18.3. The molecule has 3 rings (SSSR count). The topological polar surface area (TPSA) is 98.8 Å². The first-order chi connectivity index (χ1) is 16.1. The van der Waals surface area contributed by atoms with Gasteiger partial charge in [-0.25, -0.2) is 0 Å². The molecule has 1 heterocycles. The van der Waals surface area contributed by atoms with Gasteiger partial charge in [0.25, 0.3) is 17.7 Å². The van der Waals surface area contributed by atoms with Crippen molar-refractivity contribution in [3.05, 3.63) is 70.8 Å². The molecule has 0 bridgehead atoms. The van der Waals surface area contributed by atoms with Gasteiger partial charge in [-0.1, -0.05) is 12.1 Å². The molecule has 2 aromatic rings. The Balaban J connectivity index is 1.52. The lowest BCUT2D eigenvalue weighted by atomic mass is 10.1. The Morgan fingerprint density at radius 1 is 0.824 bits per heavy atom. The van der Waals surface area contributed by atoms with Crippen LogP contribution in [0.1, 0.15) is 36.6 Å². The lowest BCUT2D eigenvalue weighted by molar-refractivity contribution is -0.138. The highest BCUT2D eigenvalue weighted by Crippen LogP contribution is 2.32. The van der Waals surface area contributed by atoms with Crippen LogP contribution in [0.15, 0.2) is 48.5 Å². The lowest BCUT2D eigenvalue weighted by Gasteiger charge is -2.35. The van der Waals surface area contributed by atoms with Crippen molar-refractivity contribution in [3.63, 3.8) is 0 Å². The van der Waals surface area contributed by atoms with E-state index < -0.39 is 29.1 Å². The summed E-state index contributed by atoms with van der Waals surface area (Å²) in [5.41, 5.74) is -0.756. The minimum Gasteiger partial charge on any atom is -0.355 e. The smallest absolute Gasteiger partial charge is 0.355 e. The maximum Gasteiger partial charge on any atom is 0.417 e. The SMILES string of the molecule is CNC(=O)c1ccc(C(=O)NCC(=O)N2CCN(C(=O)c3ccccc3C(F)(F)F)CC2)cc1. The summed E-state index contributed by atoms with van der Waals surface area (Å²) >= 11 is 0. The lowest BCUT2D eigenvalue weighted by Crippen LogP contribution is -2.52. The van der Waals surface area contributed by atoms with Gasteiger partial charge in [-0.3, -0.25) is 19.2 Å². The maximum absolute atomic E-state index is 13.2. The van der Waals surface area contributed by atoms with E-state index in [1.54, 1.807) is 0 Å². The number of carbonyl (C=O) groups is 4. The van der Waals surface area contributed by atoms with E-state index in [9.17, 15) is 32.3 Å². The molecule has 0 atom stereocenters. The molecule has 11 heteroatoms. The quantitative estimate of drug-likeness (QED) is 0.688. The molecule has 1 fully saturated rings. The van der Waals surface area contributed by atoms with Crippen molar-refractivity contribution in [3.8, 4) is 0 Å². The summed E-state index contributed by atoms with van der Waals surface area (Å²) in [5.74, 6) is -1.90. The monoisotopic (exact) mass is 476 g/mol. The third-order valence-corrected chi connectivity index (χ3v) is 5.42. The normalized spacial score (nSPS) is 13.9. The Kier molecular flexibility index (Phi) is 7.54. The molecule has 0 saturated carbocycles. The summed E-state index contributed by atoms with van der Waals surface area (Å²) in [5, 5.41) is 4.98. The van der Waals surface area contributed by atoms with E-state index in [2.05, 4.69) is 10.6 Å². The molecule has 0 spiro atoms. The molecule has 34 heavy (non-hydrogen) atoms. The predicted octanol–water partition coefficient (Wildman–Crippen LogP) is 1.78. The number of halogens is 3. The molecule has 0 unspecified atom stereocenters. The fourth-order valence-electron chi connectivity index (χ4n) is 3.53. The number of nitrogens with one attached hydrogen (secondary N) is 2. The third-order valence-electron chi connectivity index (χ3n) is 5.42. The molecule has 4 amide bonds. The molecule has 2 aromatic carbocycles. The summed E-state index contributed by atoms with van der Waals surface area (Å²) in [6, 6.07) is 10.5. The number of rotatable bonds is 5. The second kappa shape index (κ2) is 10.4. The third kappa shape index (κ3) is 5.72. The Bertz CT molecular complexity index is 1080. The standard InChI is InChI=1S/C23H23F3N4O4/c1-27-20(32)15-6-8-16(9-7-15)21(33)28-14-19(31)29-10-12-30(13-11-29)22(34)17-4-2-3-5-18(17)23(24,25)26/h2-9H,10-14H2,1H3,(H,27,32)(H,28,33). The number of nitrogens with zero attached hydrogens (tertiary/aromatic N) is 2. The number of hydrogen-bond acceptors (Lipinski definition) is 4. The summed E-state index contributed by atoms with van der Waals surface area (Å²) in [6.07, 6.45) is -4.65. The highest BCUT2D eigenvalue weighted by atomic mass is 19.4. The molecular weight excluding hydrogens is 453 g/mol. The molecule has 0 aromatic heterocycles. The first-order valence-electron chi connectivity index (χ1n) is 10.5. The van der Waals surface area contributed by atoms with Gasteiger partial charge >= 0.3 is 6.18 Å². The van der Waals surface area contributed by atoms with Crippen LogP contribution < -0.4 is 10.6 Å². The van der Waals surface area contributed by atoms with E-state index in [0.29, 0.717) is 5.56 Å².